The van der Waals surface area contributed by atoms with E-state index in [-0.39, 0.29) is 29.2 Å². The zero-order valence-corrected chi connectivity index (χ0v) is 21.1. The topological polar surface area (TPSA) is 96.2 Å². The van der Waals surface area contributed by atoms with Crippen LogP contribution in [0.25, 0.3) is 16.4 Å². The number of alkyl halides is 1. The minimum atomic E-state index is -0.317. The first-order valence-electron chi connectivity index (χ1n) is 12.0. The van der Waals surface area contributed by atoms with Crippen molar-refractivity contribution in [2.24, 2.45) is 0 Å². The standard InChI is InChI=1S/C29H23ClN4O4/c1-38-25-12-24-27(22-5-3-2-4-21(22)25)18(13-30)14-34(24)29(37)23-16-33-15-19(8-11-26(33)32-23)31-28(36)17-6-9-20(35)10-7-17/h2-12,15-16,18,35H,13-14H2,1H3,(H,31,36)/t18-/m1/s1. The van der Waals surface area contributed by atoms with Crippen molar-refractivity contribution in [2.75, 3.05) is 29.8 Å². The average Bonchev–Trinajstić information content (AvgIpc) is 3.54. The number of hydrogen-bond acceptors (Lipinski definition) is 5. The lowest BCUT2D eigenvalue weighted by Gasteiger charge is -2.18. The highest BCUT2D eigenvalue weighted by Gasteiger charge is 2.35. The van der Waals surface area contributed by atoms with Gasteiger partial charge in [0.1, 0.15) is 22.8 Å². The molecule has 8 nitrogen and oxygen atoms in total. The molecule has 1 atom stereocenters. The minimum Gasteiger partial charge on any atom is -0.508 e. The van der Waals surface area contributed by atoms with Crippen molar-refractivity contribution in [3.63, 3.8) is 0 Å². The van der Waals surface area contributed by atoms with E-state index in [1.165, 1.54) is 24.3 Å². The number of rotatable bonds is 5. The Balaban J connectivity index is 1.32. The molecule has 0 bridgehead atoms. The number of carbonyl (C=O) groups is 2. The number of phenols is 1. The number of pyridine rings is 1. The number of anilines is 2. The van der Waals surface area contributed by atoms with Gasteiger partial charge in [-0.1, -0.05) is 24.3 Å². The van der Waals surface area contributed by atoms with Crippen LogP contribution in [0.5, 0.6) is 11.5 Å². The van der Waals surface area contributed by atoms with E-state index < -0.39 is 0 Å². The molecule has 9 heteroatoms. The Kier molecular flexibility index (Phi) is 5.88. The number of benzene rings is 3. The molecular weight excluding hydrogens is 504 g/mol. The molecule has 0 aliphatic carbocycles. The third kappa shape index (κ3) is 3.99. The summed E-state index contributed by atoms with van der Waals surface area (Å²) in [5, 5.41) is 14.3. The molecule has 2 amide bonds. The fraction of sp³-hybridized carbons (Fsp3) is 0.138. The number of nitrogens with zero attached hydrogens (tertiary/aromatic N) is 3. The summed E-state index contributed by atoms with van der Waals surface area (Å²) in [6, 6.07) is 19.3. The van der Waals surface area contributed by atoms with Gasteiger partial charge in [-0.25, -0.2) is 4.98 Å². The molecule has 3 aromatic carbocycles. The Morgan fingerprint density at radius 3 is 2.58 bits per heavy atom. The van der Waals surface area contributed by atoms with Gasteiger partial charge in [0.05, 0.1) is 18.5 Å². The van der Waals surface area contributed by atoms with Crippen LogP contribution in [-0.2, 0) is 0 Å². The molecule has 38 heavy (non-hydrogen) atoms. The molecule has 0 saturated heterocycles. The summed E-state index contributed by atoms with van der Waals surface area (Å²) in [6.45, 7) is 0.441. The summed E-state index contributed by atoms with van der Waals surface area (Å²) in [5.41, 5.74) is 3.61. The van der Waals surface area contributed by atoms with E-state index >= 15 is 0 Å². The number of ether oxygens (including phenoxy) is 1. The fourth-order valence-electron chi connectivity index (χ4n) is 5.02. The third-order valence-electron chi connectivity index (χ3n) is 6.84. The number of hydrogen-bond donors (Lipinski definition) is 2. The van der Waals surface area contributed by atoms with Crippen molar-refractivity contribution in [1.29, 1.82) is 0 Å². The number of phenolic OH excluding ortho intramolecular Hbond substituents is 1. The molecule has 190 valence electrons. The lowest BCUT2D eigenvalue weighted by atomic mass is 9.95. The number of methoxy groups -OCH3 is 1. The summed E-state index contributed by atoms with van der Waals surface area (Å²) in [4.78, 5) is 32.6. The first-order chi connectivity index (χ1) is 18.5. The van der Waals surface area contributed by atoms with Crippen LogP contribution >= 0.6 is 11.6 Å². The van der Waals surface area contributed by atoms with Crippen LogP contribution in [0.2, 0.25) is 0 Å². The van der Waals surface area contributed by atoms with Crippen LogP contribution in [-0.4, -0.2) is 45.8 Å². The third-order valence-corrected chi connectivity index (χ3v) is 7.21. The highest BCUT2D eigenvalue weighted by molar-refractivity contribution is 6.19. The number of amides is 2. The van der Waals surface area contributed by atoms with E-state index in [0.717, 1.165) is 22.0 Å². The molecule has 1 aliphatic rings. The second-order valence-electron chi connectivity index (χ2n) is 9.13. The lowest BCUT2D eigenvalue weighted by molar-refractivity contribution is 0.0982. The highest BCUT2D eigenvalue weighted by Crippen LogP contribution is 2.45. The van der Waals surface area contributed by atoms with E-state index in [2.05, 4.69) is 10.3 Å². The van der Waals surface area contributed by atoms with Crippen LogP contribution in [0, 0.1) is 0 Å². The SMILES string of the molecule is COc1cc2c(c3ccccc13)[C@H](CCl)CN2C(=O)c1cn2cc(NC(=O)c3ccc(O)cc3)ccc2n1. The van der Waals surface area contributed by atoms with Gasteiger partial charge in [0.15, 0.2) is 0 Å². The normalized spacial score (nSPS) is 14.6. The fourth-order valence-corrected chi connectivity index (χ4v) is 5.28. The number of fused-ring (bicyclic) bond motifs is 4. The summed E-state index contributed by atoms with van der Waals surface area (Å²) in [5.74, 6) is 0.574. The Hall–Kier alpha value is -4.56. The number of nitrogens with one attached hydrogen (secondary N) is 1. The Bertz CT molecular complexity index is 1710. The van der Waals surface area contributed by atoms with Gasteiger partial charge in [-0.3, -0.25) is 9.59 Å². The second-order valence-corrected chi connectivity index (χ2v) is 9.44. The Labute approximate surface area is 223 Å². The number of aromatic nitrogens is 2. The van der Waals surface area contributed by atoms with Crippen LogP contribution in [0.1, 0.15) is 32.3 Å². The predicted molar refractivity (Wildman–Crippen MR) is 147 cm³/mol. The van der Waals surface area contributed by atoms with Gasteiger partial charge in [-0.2, -0.15) is 0 Å². The number of carbonyl (C=O) groups excluding carboxylic acids is 2. The molecule has 5 aromatic rings. The maximum atomic E-state index is 13.7. The summed E-state index contributed by atoms with van der Waals surface area (Å²) in [6.07, 6.45) is 3.35. The van der Waals surface area contributed by atoms with E-state index in [1.807, 2.05) is 30.3 Å². The molecular formula is C29H23ClN4O4. The summed E-state index contributed by atoms with van der Waals surface area (Å²) < 4.78 is 7.35. The second kappa shape index (κ2) is 9.39. The first-order valence-corrected chi connectivity index (χ1v) is 12.6. The van der Waals surface area contributed by atoms with E-state index in [4.69, 9.17) is 16.3 Å². The highest BCUT2D eigenvalue weighted by atomic mass is 35.5. The molecule has 3 heterocycles. The molecule has 1 aliphatic heterocycles. The van der Waals surface area contributed by atoms with E-state index in [1.54, 1.807) is 40.9 Å². The van der Waals surface area contributed by atoms with Crippen molar-refractivity contribution in [3.8, 4) is 11.5 Å². The Morgan fingerprint density at radius 2 is 1.84 bits per heavy atom. The maximum Gasteiger partial charge on any atom is 0.278 e. The molecule has 2 N–H and O–H groups in total. The number of aromatic hydroxyl groups is 1. The van der Waals surface area contributed by atoms with Gasteiger partial charge in [0.25, 0.3) is 11.8 Å². The lowest BCUT2D eigenvalue weighted by Crippen LogP contribution is -2.30. The smallest absolute Gasteiger partial charge is 0.278 e. The molecule has 0 unspecified atom stereocenters. The van der Waals surface area contributed by atoms with Gasteiger partial charge < -0.3 is 24.5 Å². The van der Waals surface area contributed by atoms with Gasteiger partial charge in [-0.15, -0.1) is 11.6 Å². The van der Waals surface area contributed by atoms with Crippen molar-refractivity contribution in [3.05, 3.63) is 95.9 Å². The van der Waals surface area contributed by atoms with Crippen molar-refractivity contribution in [1.82, 2.24) is 9.38 Å². The monoisotopic (exact) mass is 526 g/mol. The van der Waals surface area contributed by atoms with Gasteiger partial charge in [0.2, 0.25) is 0 Å². The zero-order valence-electron chi connectivity index (χ0n) is 20.4. The van der Waals surface area contributed by atoms with Crippen molar-refractivity contribution >= 4 is 51.2 Å². The molecule has 2 aromatic heterocycles. The van der Waals surface area contributed by atoms with E-state index in [9.17, 15) is 14.7 Å². The number of halogens is 1. The minimum absolute atomic E-state index is 0.0230. The quantitative estimate of drug-likeness (QED) is 0.297. The van der Waals surface area contributed by atoms with Crippen LogP contribution in [0.4, 0.5) is 11.4 Å². The van der Waals surface area contributed by atoms with Crippen molar-refractivity contribution < 1.29 is 19.4 Å². The van der Waals surface area contributed by atoms with Crippen LogP contribution in [0.3, 0.4) is 0 Å². The molecule has 0 radical (unpaired) electrons. The Morgan fingerprint density at radius 1 is 1.08 bits per heavy atom. The maximum absolute atomic E-state index is 13.7. The summed E-state index contributed by atoms with van der Waals surface area (Å²) >= 11 is 6.36. The first kappa shape index (κ1) is 23.8. The molecule has 0 spiro atoms. The van der Waals surface area contributed by atoms with Crippen LogP contribution in [0.15, 0.2) is 79.1 Å². The van der Waals surface area contributed by atoms with Crippen LogP contribution < -0.4 is 15.0 Å². The molecule has 0 saturated carbocycles. The molecule has 6 rings (SSSR count). The average molecular weight is 527 g/mol. The predicted octanol–water partition coefficient (Wildman–Crippen LogP) is 5.44. The van der Waals surface area contributed by atoms with E-state index in [0.29, 0.717) is 35.1 Å². The van der Waals surface area contributed by atoms with Gasteiger partial charge in [-0.05, 0) is 47.3 Å². The largest absolute Gasteiger partial charge is 0.508 e. The summed E-state index contributed by atoms with van der Waals surface area (Å²) in [7, 11) is 1.62. The molecule has 0 fully saturated rings. The van der Waals surface area contributed by atoms with Gasteiger partial charge in [0, 0.05) is 47.8 Å². The number of imidazole rings is 1. The van der Waals surface area contributed by atoms with Crippen molar-refractivity contribution in [2.45, 2.75) is 5.92 Å². The van der Waals surface area contributed by atoms with Gasteiger partial charge >= 0.3 is 0 Å². The zero-order chi connectivity index (χ0) is 26.4.